The van der Waals surface area contributed by atoms with Gasteiger partial charge in [-0.2, -0.15) is 0 Å². The van der Waals surface area contributed by atoms with Crippen LogP contribution in [0.5, 0.6) is 0 Å². The second kappa shape index (κ2) is 12.2. The molecule has 48 heavy (non-hydrogen) atoms. The average Bonchev–Trinajstić information content (AvgIpc) is 3.91. The van der Waals surface area contributed by atoms with Gasteiger partial charge in [0.25, 0.3) is 0 Å². The summed E-state index contributed by atoms with van der Waals surface area (Å²) < 4.78 is 0. The van der Waals surface area contributed by atoms with E-state index in [9.17, 15) is 0 Å². The van der Waals surface area contributed by atoms with Crippen LogP contribution < -0.4 is 0 Å². The predicted molar refractivity (Wildman–Crippen MR) is 205 cm³/mol. The van der Waals surface area contributed by atoms with E-state index in [0.29, 0.717) is 0 Å². The molecule has 0 spiro atoms. The van der Waals surface area contributed by atoms with Crippen LogP contribution in [0.4, 0.5) is 0 Å². The van der Waals surface area contributed by atoms with Gasteiger partial charge < -0.3 is 0 Å². The quantitative estimate of drug-likeness (QED) is 0.168. The van der Waals surface area contributed by atoms with Crippen molar-refractivity contribution in [1.82, 2.24) is 9.97 Å². The first-order valence-electron chi connectivity index (χ1n) is 15.9. The molecule has 0 aliphatic heterocycles. The normalized spacial score (nSPS) is 11.3. The fourth-order valence-corrected chi connectivity index (χ4v) is 8.07. The summed E-state index contributed by atoms with van der Waals surface area (Å²) >= 11 is 3.33. The minimum Gasteiger partial charge on any atom is -0.252 e. The van der Waals surface area contributed by atoms with Crippen molar-refractivity contribution in [2.75, 3.05) is 0 Å². The van der Waals surface area contributed by atoms with Crippen molar-refractivity contribution in [3.05, 3.63) is 169 Å². The first-order chi connectivity index (χ1) is 23.8. The smallest absolute Gasteiger partial charge is 0.0797 e. The van der Waals surface area contributed by atoms with Crippen molar-refractivity contribution in [1.29, 1.82) is 0 Å². The molecule has 0 saturated carbocycles. The number of aromatic nitrogens is 2. The maximum absolute atomic E-state index is 4.30. The Labute approximate surface area is 287 Å². The molecule has 4 heteroatoms. The molecule has 0 aliphatic carbocycles. The third-order valence-corrected chi connectivity index (χ3v) is 10.8. The Morgan fingerprint density at radius 1 is 0.312 bits per heavy atom. The van der Waals surface area contributed by atoms with E-state index in [1.807, 2.05) is 23.4 Å². The van der Waals surface area contributed by atoms with Gasteiger partial charge in [-0.3, -0.25) is 9.97 Å². The van der Waals surface area contributed by atoms with Crippen molar-refractivity contribution in [3.8, 4) is 65.4 Å². The number of nitrogens with zero attached hydrogens (tertiary/aromatic N) is 2. The molecule has 0 bridgehead atoms. The van der Waals surface area contributed by atoms with Crippen LogP contribution in [-0.2, 0) is 0 Å². The van der Waals surface area contributed by atoms with E-state index in [0.717, 1.165) is 0 Å². The van der Waals surface area contributed by atoms with E-state index >= 15 is 0 Å². The Balaban J connectivity index is 1.28. The largest absolute Gasteiger partial charge is 0.252 e. The lowest BCUT2D eigenvalue weighted by Crippen LogP contribution is -1.92. The number of benzene rings is 7. The molecule has 9 aromatic rings. The van der Waals surface area contributed by atoms with Gasteiger partial charge >= 0.3 is 0 Å². The topological polar surface area (TPSA) is 25.8 Å². The summed E-state index contributed by atoms with van der Waals surface area (Å²) in [5.74, 6) is 0. The molecule has 0 N–H and O–H groups in total. The monoisotopic (exact) mass is 648 g/mol. The Bertz CT molecular complexity index is 2520. The van der Waals surface area contributed by atoms with Crippen LogP contribution in [0.15, 0.2) is 169 Å². The van der Waals surface area contributed by atoms with Gasteiger partial charge in [0.2, 0.25) is 0 Å². The molecular formula is C44H28N2S2. The minimum atomic E-state index is 1.17. The number of rotatable bonds is 6. The van der Waals surface area contributed by atoms with Gasteiger partial charge in [-0.15, -0.1) is 22.7 Å². The molecule has 0 radical (unpaired) electrons. The zero-order chi connectivity index (χ0) is 31.9. The van der Waals surface area contributed by atoms with E-state index in [2.05, 4.69) is 156 Å². The van der Waals surface area contributed by atoms with Crippen LogP contribution in [0.3, 0.4) is 0 Å². The third kappa shape index (κ3) is 5.12. The number of thiazole rings is 2. The number of fused-ring (bicyclic) bond motifs is 2. The van der Waals surface area contributed by atoms with Crippen LogP contribution in [0, 0.1) is 0 Å². The molecule has 0 atom stereocenters. The summed E-state index contributed by atoms with van der Waals surface area (Å²) in [7, 11) is 0. The van der Waals surface area contributed by atoms with Crippen molar-refractivity contribution in [2.24, 2.45) is 0 Å². The molecule has 0 unspecified atom stereocenters. The lowest BCUT2D eigenvalue weighted by atomic mass is 9.84. The molecule has 2 heterocycles. The molecule has 0 aliphatic rings. The lowest BCUT2D eigenvalue weighted by molar-refractivity contribution is 1.42. The third-order valence-electron chi connectivity index (χ3n) is 9.11. The average molecular weight is 649 g/mol. The van der Waals surface area contributed by atoms with Crippen LogP contribution in [-0.4, -0.2) is 9.97 Å². The van der Waals surface area contributed by atoms with Gasteiger partial charge in [-0.05, 0) is 89.3 Å². The summed E-state index contributed by atoms with van der Waals surface area (Å²) in [4.78, 5) is 10.9. The van der Waals surface area contributed by atoms with Crippen LogP contribution >= 0.6 is 22.7 Å². The summed E-state index contributed by atoms with van der Waals surface area (Å²) in [6, 6.07) is 53.3. The second-order valence-corrected chi connectivity index (χ2v) is 13.7. The minimum absolute atomic E-state index is 1.17. The molecule has 7 aromatic carbocycles. The SMILES string of the molecule is c1ccc(-c2cccc(-c3ccc4c(-c5ccc(-c6cncs6)cc5)c5ccccc5c(-c5ccc(-c6cncs6)cc5)c4c3)c2)cc1. The fraction of sp³-hybridized carbons (Fsp3) is 0. The molecule has 2 nitrogen and oxygen atoms in total. The molecule has 0 amide bonds. The van der Waals surface area contributed by atoms with Gasteiger partial charge in [0.05, 0.1) is 20.8 Å². The summed E-state index contributed by atoms with van der Waals surface area (Å²) in [5.41, 5.74) is 15.9. The highest BCUT2D eigenvalue weighted by atomic mass is 32.1. The molecule has 0 fully saturated rings. The first-order valence-corrected chi connectivity index (χ1v) is 17.7. The van der Waals surface area contributed by atoms with Gasteiger partial charge in [0.1, 0.15) is 0 Å². The van der Waals surface area contributed by atoms with Crippen LogP contribution in [0.25, 0.3) is 86.9 Å². The molecule has 0 saturated heterocycles. The fourth-order valence-electron chi connectivity index (χ4n) is 6.81. The molecular weight excluding hydrogens is 621 g/mol. The van der Waals surface area contributed by atoms with Crippen molar-refractivity contribution < 1.29 is 0 Å². The summed E-state index contributed by atoms with van der Waals surface area (Å²) in [5, 5.41) is 4.97. The van der Waals surface area contributed by atoms with E-state index in [4.69, 9.17) is 0 Å². The van der Waals surface area contributed by atoms with Gasteiger partial charge in [-0.25, -0.2) is 0 Å². The zero-order valence-corrected chi connectivity index (χ0v) is 27.5. The zero-order valence-electron chi connectivity index (χ0n) is 25.9. The molecule has 9 rings (SSSR count). The van der Waals surface area contributed by atoms with Crippen LogP contribution in [0.2, 0.25) is 0 Å². The van der Waals surface area contributed by atoms with E-state index in [1.54, 1.807) is 22.7 Å². The van der Waals surface area contributed by atoms with E-state index in [-0.39, 0.29) is 0 Å². The maximum atomic E-state index is 4.30. The highest BCUT2D eigenvalue weighted by molar-refractivity contribution is 7.13. The van der Waals surface area contributed by atoms with E-state index < -0.39 is 0 Å². The van der Waals surface area contributed by atoms with Crippen molar-refractivity contribution in [3.63, 3.8) is 0 Å². The number of hydrogen-bond donors (Lipinski definition) is 0. The standard InChI is InChI=1S/C44H28N2S2/c1-2-7-29(8-3-1)34-9-6-10-35(23-34)36-21-22-39-40(24-36)44(33-19-15-31(16-20-33)42-26-46-28-48-42)38-12-5-4-11-37(38)43(39)32-17-13-30(14-18-32)41-25-45-27-47-41/h1-28H. The lowest BCUT2D eigenvalue weighted by Gasteiger charge is -2.19. The Morgan fingerprint density at radius 3 is 1.31 bits per heavy atom. The second-order valence-electron chi connectivity index (χ2n) is 11.9. The summed E-state index contributed by atoms with van der Waals surface area (Å²) in [6.07, 6.45) is 3.88. The predicted octanol–water partition coefficient (Wildman–Crippen LogP) is 12.9. The maximum Gasteiger partial charge on any atom is 0.0797 e. The van der Waals surface area contributed by atoms with Gasteiger partial charge in [0, 0.05) is 12.4 Å². The Hall–Kier alpha value is -5.68. The first kappa shape index (κ1) is 28.5. The number of hydrogen-bond acceptors (Lipinski definition) is 4. The van der Waals surface area contributed by atoms with E-state index in [1.165, 1.54) is 86.9 Å². The molecule has 226 valence electrons. The van der Waals surface area contributed by atoms with Crippen LogP contribution in [0.1, 0.15) is 0 Å². The van der Waals surface area contributed by atoms with Crippen molar-refractivity contribution in [2.45, 2.75) is 0 Å². The highest BCUT2D eigenvalue weighted by Crippen LogP contribution is 2.45. The Morgan fingerprint density at radius 2 is 0.750 bits per heavy atom. The van der Waals surface area contributed by atoms with Crippen molar-refractivity contribution >= 4 is 44.2 Å². The van der Waals surface area contributed by atoms with Gasteiger partial charge in [-0.1, -0.05) is 133 Å². The van der Waals surface area contributed by atoms with Gasteiger partial charge in [0.15, 0.2) is 0 Å². The molecule has 2 aromatic heterocycles. The summed E-state index contributed by atoms with van der Waals surface area (Å²) in [6.45, 7) is 0. The highest BCUT2D eigenvalue weighted by Gasteiger charge is 2.18. The Kier molecular flexibility index (Phi) is 7.23.